The van der Waals surface area contributed by atoms with Gasteiger partial charge in [-0.05, 0) is 124 Å². The maximum Gasteiger partial charge on any atom is 0.306 e. The lowest BCUT2D eigenvalue weighted by molar-refractivity contribution is -0.157. The molecule has 0 aromatic rings. The molecule has 0 aliphatic heterocycles. The Bertz CT molecular complexity index is 810. The van der Waals surface area contributed by atoms with E-state index in [1.54, 1.807) is 0 Å². The summed E-state index contributed by atoms with van der Waals surface area (Å²) in [6, 6.07) is 0. The Balaban J connectivity index is 1.83. The van der Waals surface area contributed by atoms with Gasteiger partial charge in [-0.2, -0.15) is 0 Å². The largest absolute Gasteiger partial charge is 0.460 e. The van der Waals surface area contributed by atoms with Gasteiger partial charge in [-0.1, -0.05) is 0 Å². The van der Waals surface area contributed by atoms with Crippen molar-refractivity contribution in [3.8, 4) is 0 Å². The first-order chi connectivity index (χ1) is 17.0. The molecule has 4 saturated carbocycles. The summed E-state index contributed by atoms with van der Waals surface area (Å²) in [5, 5.41) is 3.37. The Morgan fingerprint density at radius 2 is 1.08 bits per heavy atom. The molecule has 4 fully saturated rings. The third-order valence-electron chi connectivity index (χ3n) is 8.31. The first kappa shape index (κ1) is 29.6. The normalized spacial score (nSPS) is 27.1. The lowest BCUT2D eigenvalue weighted by Crippen LogP contribution is -2.59. The predicted octanol–water partition coefficient (Wildman–Crippen LogP) is 5.67. The molecule has 0 spiro atoms. The van der Waals surface area contributed by atoms with E-state index in [9.17, 15) is 19.2 Å². The van der Waals surface area contributed by atoms with Crippen molar-refractivity contribution >= 4 is 23.6 Å². The maximum absolute atomic E-state index is 14.1. The van der Waals surface area contributed by atoms with Crippen LogP contribution in [0.3, 0.4) is 0 Å². The summed E-state index contributed by atoms with van der Waals surface area (Å²) in [7, 11) is 0. The number of Topliss-reactive ketones (excluding diaryl/α,β-unsaturated/α-hetero) is 1. The van der Waals surface area contributed by atoms with Crippen LogP contribution in [0.25, 0.3) is 0 Å². The maximum atomic E-state index is 14.1. The van der Waals surface area contributed by atoms with Gasteiger partial charge in [0.15, 0.2) is 0 Å². The van der Waals surface area contributed by atoms with Gasteiger partial charge < -0.3 is 19.6 Å². The van der Waals surface area contributed by atoms with E-state index in [2.05, 4.69) is 5.32 Å². The highest BCUT2D eigenvalue weighted by atomic mass is 16.6. The monoisotopic (exact) mass is 519 g/mol. The molecule has 0 aromatic heterocycles. The summed E-state index contributed by atoms with van der Waals surface area (Å²) < 4.78 is 11.1. The molecule has 0 saturated heterocycles. The highest BCUT2D eigenvalue weighted by Gasteiger charge is 2.55. The van der Waals surface area contributed by atoms with Gasteiger partial charge in [-0.3, -0.25) is 14.4 Å². The molecular weight excluding hydrogens is 470 g/mol. The summed E-state index contributed by atoms with van der Waals surface area (Å²) in [6.45, 7) is 12.5. The minimum atomic E-state index is -0.861. The Labute approximate surface area is 223 Å². The molecule has 1 N–H and O–H groups in total. The second-order valence-electron chi connectivity index (χ2n) is 14.3. The number of hydrogen-bond donors (Lipinski definition) is 1. The summed E-state index contributed by atoms with van der Waals surface area (Å²) in [4.78, 5) is 51.5. The Morgan fingerprint density at radius 1 is 0.703 bits per heavy atom. The SMILES string of the molecule is CC(=O)CCC(CCC(=O)OC(C)(C)C)(CCC(=O)OC(C)(C)C)NC(=O)C12CC3CC(CC(C3)C1)C2. The number of rotatable bonds is 11. The number of hydrogen-bond acceptors (Lipinski definition) is 6. The average molecular weight is 520 g/mol. The first-order valence-electron chi connectivity index (χ1n) is 14.2. The highest BCUT2D eigenvalue weighted by Crippen LogP contribution is 2.60. The molecule has 0 heterocycles. The van der Waals surface area contributed by atoms with Gasteiger partial charge in [0.05, 0.1) is 0 Å². The fourth-order valence-electron chi connectivity index (χ4n) is 7.21. The number of ketones is 1. The lowest BCUT2D eigenvalue weighted by Gasteiger charge is -2.56. The molecule has 7 nitrogen and oxygen atoms in total. The summed E-state index contributed by atoms with van der Waals surface area (Å²) in [6.07, 6.45) is 7.96. The van der Waals surface area contributed by atoms with E-state index in [-0.39, 0.29) is 48.3 Å². The van der Waals surface area contributed by atoms with Crippen molar-refractivity contribution in [2.24, 2.45) is 23.2 Å². The Hall–Kier alpha value is -1.92. The van der Waals surface area contributed by atoms with E-state index in [4.69, 9.17) is 9.47 Å². The standard InChI is InChI=1S/C30H49NO6/c1-20(32)8-11-30(12-9-24(33)36-27(2,3)4,13-10-25(34)37-28(5,6)7)31-26(35)29-17-21-14-22(18-29)16-23(15-21)19-29/h21-23H,8-19H2,1-7H3,(H,31,35). The van der Waals surface area contributed by atoms with Crippen LogP contribution in [0.1, 0.15) is 126 Å². The second-order valence-corrected chi connectivity index (χ2v) is 14.3. The smallest absolute Gasteiger partial charge is 0.306 e. The van der Waals surface area contributed by atoms with Crippen LogP contribution in [-0.2, 0) is 28.7 Å². The van der Waals surface area contributed by atoms with Gasteiger partial charge in [-0.25, -0.2) is 0 Å². The number of carbonyl (C=O) groups excluding carboxylic acids is 4. The molecule has 0 radical (unpaired) electrons. The van der Waals surface area contributed by atoms with Gasteiger partial charge in [0.1, 0.15) is 17.0 Å². The van der Waals surface area contributed by atoms with E-state index in [0.29, 0.717) is 37.0 Å². The molecule has 0 atom stereocenters. The van der Waals surface area contributed by atoms with Crippen LogP contribution in [0.15, 0.2) is 0 Å². The van der Waals surface area contributed by atoms with Crippen LogP contribution in [0.5, 0.6) is 0 Å². The van der Waals surface area contributed by atoms with Gasteiger partial charge in [0, 0.05) is 30.2 Å². The minimum Gasteiger partial charge on any atom is -0.460 e. The van der Waals surface area contributed by atoms with Gasteiger partial charge >= 0.3 is 11.9 Å². The summed E-state index contributed by atoms with van der Waals surface area (Å²) in [5.74, 6) is 1.22. The van der Waals surface area contributed by atoms with Gasteiger partial charge in [0.25, 0.3) is 0 Å². The Kier molecular flexibility index (Phi) is 8.85. The van der Waals surface area contributed by atoms with E-state index in [0.717, 1.165) is 19.3 Å². The number of carbonyl (C=O) groups is 4. The number of amides is 1. The number of ether oxygens (including phenoxy) is 2. The third-order valence-corrected chi connectivity index (χ3v) is 8.31. The van der Waals surface area contributed by atoms with Crippen LogP contribution in [0, 0.1) is 23.2 Å². The molecule has 1 amide bonds. The van der Waals surface area contributed by atoms with Gasteiger partial charge in [0.2, 0.25) is 5.91 Å². The van der Waals surface area contributed by atoms with Crippen molar-refractivity contribution in [1.29, 1.82) is 0 Å². The fraction of sp³-hybridized carbons (Fsp3) is 0.867. The molecule has 4 aliphatic rings. The molecule has 4 bridgehead atoms. The van der Waals surface area contributed by atoms with Crippen molar-refractivity contribution < 1.29 is 28.7 Å². The first-order valence-corrected chi connectivity index (χ1v) is 14.2. The van der Waals surface area contributed by atoms with Crippen LogP contribution < -0.4 is 5.32 Å². The molecule has 0 aromatic carbocycles. The zero-order valence-corrected chi connectivity index (χ0v) is 24.2. The zero-order valence-electron chi connectivity index (χ0n) is 24.2. The Morgan fingerprint density at radius 3 is 1.43 bits per heavy atom. The number of esters is 2. The minimum absolute atomic E-state index is 0.0166. The van der Waals surface area contributed by atoms with E-state index in [1.165, 1.54) is 26.2 Å². The van der Waals surface area contributed by atoms with Crippen molar-refractivity contribution in [3.05, 3.63) is 0 Å². The molecule has 4 rings (SSSR count). The van der Waals surface area contributed by atoms with Crippen LogP contribution >= 0.6 is 0 Å². The molecule has 4 aliphatic carbocycles. The fourth-order valence-corrected chi connectivity index (χ4v) is 7.21. The van der Waals surface area contributed by atoms with E-state index in [1.807, 2.05) is 41.5 Å². The van der Waals surface area contributed by atoms with Gasteiger partial charge in [-0.15, -0.1) is 0 Å². The van der Waals surface area contributed by atoms with Crippen LogP contribution in [0.4, 0.5) is 0 Å². The molecule has 37 heavy (non-hydrogen) atoms. The quantitative estimate of drug-likeness (QED) is 0.353. The molecule has 7 heteroatoms. The topological polar surface area (TPSA) is 98.8 Å². The summed E-state index contributed by atoms with van der Waals surface area (Å²) >= 11 is 0. The highest BCUT2D eigenvalue weighted by molar-refractivity contribution is 5.84. The molecular formula is C30H49NO6. The predicted molar refractivity (Wildman–Crippen MR) is 142 cm³/mol. The third kappa shape index (κ3) is 8.54. The average Bonchev–Trinajstić information content (AvgIpc) is 2.71. The molecule has 0 unspecified atom stereocenters. The van der Waals surface area contributed by atoms with Crippen molar-refractivity contribution in [2.75, 3.05) is 0 Å². The molecule has 210 valence electrons. The van der Waals surface area contributed by atoms with E-state index < -0.39 is 16.7 Å². The number of nitrogens with one attached hydrogen (secondary N) is 1. The summed E-state index contributed by atoms with van der Waals surface area (Å²) in [5.41, 5.74) is -2.45. The van der Waals surface area contributed by atoms with Crippen molar-refractivity contribution in [2.45, 2.75) is 142 Å². The zero-order chi connectivity index (χ0) is 27.6. The van der Waals surface area contributed by atoms with Crippen LogP contribution in [-0.4, -0.2) is 40.4 Å². The van der Waals surface area contributed by atoms with Crippen molar-refractivity contribution in [3.63, 3.8) is 0 Å². The van der Waals surface area contributed by atoms with E-state index >= 15 is 0 Å². The lowest BCUT2D eigenvalue weighted by atomic mass is 9.49. The van der Waals surface area contributed by atoms with Crippen molar-refractivity contribution in [1.82, 2.24) is 5.32 Å². The second kappa shape index (κ2) is 11.1. The van der Waals surface area contributed by atoms with Crippen LogP contribution in [0.2, 0.25) is 0 Å².